The second kappa shape index (κ2) is 11.4. The van der Waals surface area contributed by atoms with Crippen LogP contribution in [0.1, 0.15) is 126 Å². The molecule has 0 aliphatic heterocycles. The third-order valence-electron chi connectivity index (χ3n) is 15.2. The predicted octanol–water partition coefficient (Wildman–Crippen LogP) is 7.10. The summed E-state index contributed by atoms with van der Waals surface area (Å²) >= 11 is 0. The number of amides is 1. The van der Waals surface area contributed by atoms with Crippen molar-refractivity contribution < 1.29 is 33.8 Å². The van der Waals surface area contributed by atoms with Gasteiger partial charge >= 0.3 is 23.8 Å². The van der Waals surface area contributed by atoms with Gasteiger partial charge in [0.1, 0.15) is 6.10 Å². The first-order valence-electron chi connectivity index (χ1n) is 17.7. The maximum absolute atomic E-state index is 13.0. The van der Waals surface area contributed by atoms with Crippen LogP contribution in [0.3, 0.4) is 0 Å². The van der Waals surface area contributed by atoms with E-state index in [4.69, 9.17) is 9.47 Å². The number of carbonyl (C=O) groups excluding carboxylic acids is 3. The molecule has 8 nitrogen and oxygen atoms in total. The lowest BCUT2D eigenvalue weighted by Gasteiger charge is -2.73. The van der Waals surface area contributed by atoms with E-state index in [-0.39, 0.29) is 40.1 Å². The topological polar surface area (TPSA) is 119 Å². The Balaban J connectivity index is 1.42. The summed E-state index contributed by atoms with van der Waals surface area (Å²) in [5.41, 5.74) is -0.367. The molecule has 258 valence electrons. The average Bonchev–Trinajstić information content (AvgIpc) is 3.33. The first-order chi connectivity index (χ1) is 21.2. The van der Waals surface area contributed by atoms with Gasteiger partial charge < -0.3 is 19.9 Å². The largest absolute Gasteiger partial charge is 0.481 e. The number of methoxy groups -OCH3 is 1. The molecule has 5 aliphatic carbocycles. The summed E-state index contributed by atoms with van der Waals surface area (Å²) < 4.78 is 10.9. The van der Waals surface area contributed by atoms with Gasteiger partial charge in [0.25, 0.3) is 0 Å². The summed E-state index contributed by atoms with van der Waals surface area (Å²) in [4.78, 5) is 49.9. The summed E-state index contributed by atoms with van der Waals surface area (Å²) in [6.07, 6.45) is 9.49. The third-order valence-corrected chi connectivity index (χ3v) is 15.2. The normalized spacial score (nSPS) is 42.7. The Morgan fingerprint density at radius 1 is 0.870 bits per heavy atom. The van der Waals surface area contributed by atoms with Crippen molar-refractivity contribution in [3.8, 4) is 0 Å². The van der Waals surface area contributed by atoms with Crippen LogP contribution in [-0.4, -0.2) is 47.7 Å². The molecule has 0 radical (unpaired) electrons. The highest BCUT2D eigenvalue weighted by Crippen LogP contribution is 2.76. The van der Waals surface area contributed by atoms with E-state index in [0.717, 1.165) is 64.2 Å². The number of hydrogen-bond donors (Lipinski definition) is 2. The van der Waals surface area contributed by atoms with E-state index in [9.17, 15) is 24.3 Å². The Morgan fingerprint density at radius 3 is 2.15 bits per heavy atom. The minimum atomic E-state index is -1.16. The Bertz CT molecular complexity index is 1300. The van der Waals surface area contributed by atoms with Crippen LogP contribution in [-0.2, 0) is 28.7 Å². The number of carboxylic acid groups (broad SMARTS) is 1. The molecule has 1 amide bonds. The van der Waals surface area contributed by atoms with E-state index in [2.05, 4.69) is 53.4 Å². The zero-order valence-electron chi connectivity index (χ0n) is 29.8. The zero-order chi connectivity index (χ0) is 34.3. The molecule has 0 saturated heterocycles. The molecular formula is C38H59NO7. The molecule has 5 saturated carbocycles. The molecule has 0 aromatic carbocycles. The van der Waals surface area contributed by atoms with Crippen molar-refractivity contribution in [2.24, 2.45) is 56.7 Å². The van der Waals surface area contributed by atoms with Crippen LogP contribution in [0.15, 0.2) is 12.2 Å². The second-order valence-corrected chi connectivity index (χ2v) is 18.0. The zero-order valence-corrected chi connectivity index (χ0v) is 29.8. The summed E-state index contributed by atoms with van der Waals surface area (Å²) in [6.45, 7) is 21.8. The lowest BCUT2D eigenvalue weighted by atomic mass is 9.32. The number of fused-ring (bicyclic) bond motifs is 7. The highest BCUT2D eigenvalue weighted by molar-refractivity contribution is 6.32. The van der Waals surface area contributed by atoms with Crippen molar-refractivity contribution in [3.05, 3.63) is 12.2 Å². The molecule has 0 heterocycles. The summed E-state index contributed by atoms with van der Waals surface area (Å²) in [7, 11) is 1.26. The van der Waals surface area contributed by atoms with Crippen molar-refractivity contribution in [3.63, 3.8) is 0 Å². The standard InChI is InChI=1S/C38H59NO7/c1-22(2)23-13-18-38(39-30(41)31(42)45-10)20-19-36(8)24(29(23)38)11-12-26-35(7)16-15-27(46-28(40)21-33(3,4)32(43)44)34(5,6)25(35)14-17-37(26,36)9/h23-27,29H,1,11-21H2,2-10H3,(H,39,41)(H,43,44)/t23-,24+,25?,26?,27-,29?,35-,36+,37+,38-/m0/s1. The molecule has 10 atom stereocenters. The number of hydrogen-bond acceptors (Lipinski definition) is 6. The van der Waals surface area contributed by atoms with Gasteiger partial charge in [-0.15, -0.1) is 0 Å². The number of esters is 2. The van der Waals surface area contributed by atoms with Crippen LogP contribution >= 0.6 is 0 Å². The van der Waals surface area contributed by atoms with Crippen molar-refractivity contribution in [1.29, 1.82) is 0 Å². The van der Waals surface area contributed by atoms with E-state index in [1.165, 1.54) is 12.7 Å². The molecule has 2 N–H and O–H groups in total. The van der Waals surface area contributed by atoms with Crippen LogP contribution in [0.2, 0.25) is 0 Å². The highest BCUT2D eigenvalue weighted by Gasteiger charge is 2.71. The Morgan fingerprint density at radius 2 is 1.54 bits per heavy atom. The summed E-state index contributed by atoms with van der Waals surface area (Å²) in [5, 5.41) is 12.8. The van der Waals surface area contributed by atoms with Gasteiger partial charge in [-0.1, -0.05) is 46.8 Å². The molecule has 0 aromatic rings. The summed E-state index contributed by atoms with van der Waals surface area (Å²) in [5.74, 6) is -1.00. The fourth-order valence-electron chi connectivity index (χ4n) is 12.6. The molecule has 8 heteroatoms. The van der Waals surface area contributed by atoms with Crippen LogP contribution < -0.4 is 5.32 Å². The molecule has 0 bridgehead atoms. The van der Waals surface area contributed by atoms with Crippen LogP contribution in [0.25, 0.3) is 0 Å². The van der Waals surface area contributed by atoms with Gasteiger partial charge in [-0.25, -0.2) is 4.79 Å². The van der Waals surface area contributed by atoms with E-state index in [1.807, 2.05) is 0 Å². The maximum Gasteiger partial charge on any atom is 0.396 e. The molecule has 3 unspecified atom stereocenters. The fourth-order valence-corrected chi connectivity index (χ4v) is 12.6. The SMILES string of the molecule is C=C(C)[C@@H]1CC[C@]2(NC(=O)C(=O)OC)CC[C@]3(C)[C@H](CCC4[C@@]5(C)CC[C@H](OC(=O)CC(C)(C)C(=O)O)C(C)(C)C5CC[C@]43C)C12. The van der Waals surface area contributed by atoms with Crippen molar-refractivity contribution in [2.75, 3.05) is 7.11 Å². The number of allylic oxidation sites excluding steroid dienone is 1. The average molecular weight is 642 g/mol. The van der Waals surface area contributed by atoms with E-state index >= 15 is 0 Å². The van der Waals surface area contributed by atoms with E-state index < -0.39 is 34.8 Å². The number of carboxylic acids is 1. The first kappa shape index (κ1) is 34.9. The van der Waals surface area contributed by atoms with Crippen LogP contribution in [0, 0.1) is 56.7 Å². The van der Waals surface area contributed by atoms with Gasteiger partial charge in [-0.2, -0.15) is 0 Å². The van der Waals surface area contributed by atoms with Gasteiger partial charge in [0.2, 0.25) is 0 Å². The van der Waals surface area contributed by atoms with Gasteiger partial charge in [-0.3, -0.25) is 14.4 Å². The maximum atomic E-state index is 13.0. The smallest absolute Gasteiger partial charge is 0.396 e. The van der Waals surface area contributed by atoms with Crippen LogP contribution in [0.4, 0.5) is 0 Å². The molecule has 5 fully saturated rings. The molecule has 5 aliphatic rings. The lowest BCUT2D eigenvalue weighted by Crippen LogP contribution is -2.69. The van der Waals surface area contributed by atoms with Crippen molar-refractivity contribution in [2.45, 2.75) is 138 Å². The van der Waals surface area contributed by atoms with Crippen LogP contribution in [0.5, 0.6) is 0 Å². The van der Waals surface area contributed by atoms with Gasteiger partial charge in [-0.05, 0) is 131 Å². The van der Waals surface area contributed by atoms with Crippen molar-refractivity contribution >= 4 is 23.8 Å². The van der Waals surface area contributed by atoms with E-state index in [1.54, 1.807) is 13.8 Å². The van der Waals surface area contributed by atoms with Crippen molar-refractivity contribution in [1.82, 2.24) is 5.32 Å². The molecule has 0 aromatic heterocycles. The number of rotatable bonds is 6. The minimum absolute atomic E-state index is 0.0714. The van der Waals surface area contributed by atoms with Gasteiger partial charge in [0.15, 0.2) is 0 Å². The van der Waals surface area contributed by atoms with Gasteiger partial charge in [0.05, 0.1) is 18.9 Å². The molecular weight excluding hydrogens is 582 g/mol. The third kappa shape index (κ3) is 5.05. The monoisotopic (exact) mass is 641 g/mol. The molecule has 46 heavy (non-hydrogen) atoms. The van der Waals surface area contributed by atoms with Gasteiger partial charge in [0, 0.05) is 11.0 Å². The number of carbonyl (C=O) groups is 4. The second-order valence-electron chi connectivity index (χ2n) is 18.0. The highest BCUT2D eigenvalue weighted by atomic mass is 16.5. The van der Waals surface area contributed by atoms with E-state index in [0.29, 0.717) is 23.7 Å². The first-order valence-corrected chi connectivity index (χ1v) is 17.7. The Kier molecular flexibility index (Phi) is 8.63. The number of nitrogens with one attached hydrogen (secondary N) is 1. The minimum Gasteiger partial charge on any atom is -0.481 e. The summed E-state index contributed by atoms with van der Waals surface area (Å²) in [6, 6.07) is 0. The quantitative estimate of drug-likeness (QED) is 0.180. The molecule has 0 spiro atoms. The number of ether oxygens (including phenoxy) is 2. The molecule has 5 rings (SSSR count). The fraction of sp³-hybridized carbons (Fsp3) is 0.842. The Hall–Kier alpha value is -2.38. The Labute approximate surface area is 276 Å². The number of aliphatic carboxylic acids is 1. The lowest BCUT2D eigenvalue weighted by molar-refractivity contribution is -0.246. The predicted molar refractivity (Wildman–Crippen MR) is 175 cm³/mol.